The monoisotopic (exact) mass is 156 g/mol. The van der Waals surface area contributed by atoms with E-state index in [9.17, 15) is 0 Å². The predicted octanol–water partition coefficient (Wildman–Crippen LogP) is 2.85. The van der Waals surface area contributed by atoms with Gasteiger partial charge in [0.2, 0.25) is 0 Å². The van der Waals surface area contributed by atoms with Crippen molar-refractivity contribution in [2.24, 2.45) is 11.3 Å². The van der Waals surface area contributed by atoms with Crippen LogP contribution in [0.15, 0.2) is 0 Å². The average Bonchev–Trinajstić information content (AvgIpc) is 2.60. The molecule has 0 atom stereocenters. The van der Waals surface area contributed by atoms with Gasteiger partial charge in [0.1, 0.15) is 0 Å². The van der Waals surface area contributed by atoms with Gasteiger partial charge < -0.3 is 4.74 Å². The van der Waals surface area contributed by atoms with Crippen LogP contribution >= 0.6 is 0 Å². The second-order valence-corrected chi connectivity index (χ2v) is 4.83. The molecule has 0 aromatic heterocycles. The lowest BCUT2D eigenvalue weighted by atomic mass is 9.93. The Bertz CT molecular complexity index is 109. The lowest BCUT2D eigenvalue weighted by Crippen LogP contribution is -2.10. The van der Waals surface area contributed by atoms with Crippen LogP contribution in [-0.4, -0.2) is 13.2 Å². The Labute approximate surface area is 70.1 Å². The van der Waals surface area contributed by atoms with E-state index in [1.165, 1.54) is 19.3 Å². The number of rotatable bonds is 4. The molecule has 0 heterocycles. The summed E-state index contributed by atoms with van der Waals surface area (Å²) in [6.07, 6.45) is 3.98. The summed E-state index contributed by atoms with van der Waals surface area (Å²) >= 11 is 0. The fourth-order valence-electron chi connectivity index (χ4n) is 0.913. The molecule has 0 amide bonds. The first-order chi connectivity index (χ1) is 5.08. The second-order valence-electron chi connectivity index (χ2n) is 4.83. The van der Waals surface area contributed by atoms with E-state index in [0.717, 1.165) is 19.1 Å². The van der Waals surface area contributed by atoms with Crippen LogP contribution in [0.4, 0.5) is 0 Å². The number of ether oxygens (including phenoxy) is 1. The van der Waals surface area contributed by atoms with Gasteiger partial charge in [-0.3, -0.25) is 0 Å². The maximum absolute atomic E-state index is 5.53. The molecule has 0 unspecified atom stereocenters. The minimum absolute atomic E-state index is 0.434. The summed E-state index contributed by atoms with van der Waals surface area (Å²) in [5.41, 5.74) is 0.434. The molecular weight excluding hydrogens is 136 g/mol. The first kappa shape index (κ1) is 9.05. The summed E-state index contributed by atoms with van der Waals surface area (Å²) in [4.78, 5) is 0. The van der Waals surface area contributed by atoms with E-state index in [4.69, 9.17) is 4.74 Å². The van der Waals surface area contributed by atoms with E-state index in [1.54, 1.807) is 0 Å². The van der Waals surface area contributed by atoms with E-state index in [-0.39, 0.29) is 0 Å². The topological polar surface area (TPSA) is 9.23 Å². The molecule has 1 aliphatic carbocycles. The molecule has 11 heavy (non-hydrogen) atoms. The van der Waals surface area contributed by atoms with Gasteiger partial charge in [-0.05, 0) is 30.6 Å². The molecule has 0 radical (unpaired) electrons. The Morgan fingerprint density at radius 2 is 1.91 bits per heavy atom. The number of hydrogen-bond donors (Lipinski definition) is 0. The molecule has 0 aromatic rings. The molecule has 1 saturated carbocycles. The zero-order valence-electron chi connectivity index (χ0n) is 8.02. The smallest absolute Gasteiger partial charge is 0.0494 e. The van der Waals surface area contributed by atoms with Crippen molar-refractivity contribution in [3.63, 3.8) is 0 Å². The molecule has 0 aromatic carbocycles. The van der Waals surface area contributed by atoms with Crippen LogP contribution in [0.1, 0.15) is 40.0 Å². The number of hydrogen-bond acceptors (Lipinski definition) is 1. The maximum Gasteiger partial charge on any atom is 0.0494 e. The minimum atomic E-state index is 0.434. The highest BCUT2D eigenvalue weighted by atomic mass is 16.5. The molecule has 1 heteroatoms. The molecule has 0 spiro atoms. The molecule has 0 saturated heterocycles. The van der Waals surface area contributed by atoms with Crippen molar-refractivity contribution in [2.45, 2.75) is 40.0 Å². The highest BCUT2D eigenvalue weighted by molar-refractivity contribution is 4.72. The summed E-state index contributed by atoms with van der Waals surface area (Å²) < 4.78 is 5.53. The van der Waals surface area contributed by atoms with Crippen LogP contribution in [0, 0.1) is 11.3 Å². The highest BCUT2D eigenvalue weighted by Crippen LogP contribution is 2.29. The summed E-state index contributed by atoms with van der Waals surface area (Å²) in [5, 5.41) is 0. The van der Waals surface area contributed by atoms with E-state index >= 15 is 0 Å². The lowest BCUT2D eigenvalue weighted by Gasteiger charge is -2.17. The molecule has 0 aliphatic heterocycles. The van der Waals surface area contributed by atoms with Gasteiger partial charge >= 0.3 is 0 Å². The Morgan fingerprint density at radius 1 is 1.27 bits per heavy atom. The summed E-state index contributed by atoms with van der Waals surface area (Å²) in [5.74, 6) is 0.912. The van der Waals surface area contributed by atoms with Crippen molar-refractivity contribution in [2.75, 3.05) is 13.2 Å². The SMILES string of the molecule is CC(C)(C)CCOCC1CC1. The molecule has 1 nitrogen and oxygen atoms in total. The molecule has 66 valence electrons. The van der Waals surface area contributed by atoms with E-state index < -0.39 is 0 Å². The third kappa shape index (κ3) is 5.25. The molecule has 0 bridgehead atoms. The Morgan fingerprint density at radius 3 is 2.36 bits per heavy atom. The Hall–Kier alpha value is -0.0400. The van der Waals surface area contributed by atoms with Crippen LogP contribution in [0.3, 0.4) is 0 Å². The van der Waals surface area contributed by atoms with Gasteiger partial charge in [-0.15, -0.1) is 0 Å². The van der Waals surface area contributed by atoms with Gasteiger partial charge in [0, 0.05) is 13.2 Å². The maximum atomic E-state index is 5.53. The molecular formula is C10H20O. The van der Waals surface area contributed by atoms with E-state index in [0.29, 0.717) is 5.41 Å². The van der Waals surface area contributed by atoms with E-state index in [2.05, 4.69) is 20.8 Å². The minimum Gasteiger partial charge on any atom is -0.381 e. The van der Waals surface area contributed by atoms with Gasteiger partial charge in [-0.2, -0.15) is 0 Å². The zero-order valence-corrected chi connectivity index (χ0v) is 8.02. The molecule has 1 aliphatic rings. The Kier molecular flexibility index (Phi) is 2.94. The van der Waals surface area contributed by atoms with Crippen LogP contribution in [0.5, 0.6) is 0 Å². The average molecular weight is 156 g/mol. The fraction of sp³-hybridized carbons (Fsp3) is 1.00. The standard InChI is InChI=1S/C10H20O/c1-10(2,3)6-7-11-8-9-4-5-9/h9H,4-8H2,1-3H3. The quantitative estimate of drug-likeness (QED) is 0.569. The van der Waals surface area contributed by atoms with Crippen molar-refractivity contribution < 1.29 is 4.74 Å². The largest absolute Gasteiger partial charge is 0.381 e. The highest BCUT2D eigenvalue weighted by Gasteiger charge is 2.21. The second kappa shape index (κ2) is 3.57. The molecule has 0 N–H and O–H groups in total. The third-order valence-corrected chi connectivity index (χ3v) is 2.05. The molecule has 1 rings (SSSR count). The van der Waals surface area contributed by atoms with Crippen LogP contribution in [-0.2, 0) is 4.74 Å². The molecule has 1 fully saturated rings. The summed E-state index contributed by atoms with van der Waals surface area (Å²) in [6.45, 7) is 8.73. The zero-order chi connectivity index (χ0) is 8.32. The predicted molar refractivity (Wildman–Crippen MR) is 47.6 cm³/mol. The van der Waals surface area contributed by atoms with Gasteiger partial charge in [0.25, 0.3) is 0 Å². The van der Waals surface area contributed by atoms with Gasteiger partial charge in [0.15, 0.2) is 0 Å². The van der Waals surface area contributed by atoms with Crippen molar-refractivity contribution in [3.8, 4) is 0 Å². The lowest BCUT2D eigenvalue weighted by molar-refractivity contribution is 0.100. The first-order valence-electron chi connectivity index (χ1n) is 4.66. The Balaban J connectivity index is 1.87. The van der Waals surface area contributed by atoms with E-state index in [1.807, 2.05) is 0 Å². The third-order valence-electron chi connectivity index (χ3n) is 2.05. The van der Waals surface area contributed by atoms with Crippen LogP contribution < -0.4 is 0 Å². The van der Waals surface area contributed by atoms with Crippen molar-refractivity contribution in [1.82, 2.24) is 0 Å². The van der Waals surface area contributed by atoms with Gasteiger partial charge in [-0.1, -0.05) is 20.8 Å². The summed E-state index contributed by atoms with van der Waals surface area (Å²) in [6, 6.07) is 0. The van der Waals surface area contributed by atoms with Crippen molar-refractivity contribution >= 4 is 0 Å². The van der Waals surface area contributed by atoms with Crippen LogP contribution in [0.25, 0.3) is 0 Å². The van der Waals surface area contributed by atoms with Crippen molar-refractivity contribution in [1.29, 1.82) is 0 Å². The first-order valence-corrected chi connectivity index (χ1v) is 4.66. The van der Waals surface area contributed by atoms with Gasteiger partial charge in [-0.25, -0.2) is 0 Å². The summed E-state index contributed by atoms with van der Waals surface area (Å²) in [7, 11) is 0. The fourth-order valence-corrected chi connectivity index (χ4v) is 0.913. The normalized spacial score (nSPS) is 18.8. The van der Waals surface area contributed by atoms with Gasteiger partial charge in [0.05, 0.1) is 0 Å². The van der Waals surface area contributed by atoms with Crippen molar-refractivity contribution in [3.05, 3.63) is 0 Å². The van der Waals surface area contributed by atoms with Crippen LogP contribution in [0.2, 0.25) is 0 Å².